The van der Waals surface area contributed by atoms with Crippen LogP contribution in [0.15, 0.2) is 46.0 Å². The number of halogens is 1. The first-order valence-corrected chi connectivity index (χ1v) is 8.01. The molecule has 0 atom stereocenters. The van der Waals surface area contributed by atoms with Crippen molar-refractivity contribution in [1.82, 2.24) is 4.98 Å². The SMILES string of the molecule is Cc1cncc(CS(=O)(=O)c2ccc(N)cc2Br)c1. The summed E-state index contributed by atoms with van der Waals surface area (Å²) in [7, 11) is -3.42. The van der Waals surface area contributed by atoms with Gasteiger partial charge in [0, 0.05) is 22.6 Å². The smallest absolute Gasteiger partial charge is 0.183 e. The Morgan fingerprint density at radius 1 is 1.26 bits per heavy atom. The summed E-state index contributed by atoms with van der Waals surface area (Å²) in [5.74, 6) is -0.0792. The van der Waals surface area contributed by atoms with Crippen LogP contribution in [0.25, 0.3) is 0 Å². The van der Waals surface area contributed by atoms with Crippen molar-refractivity contribution in [1.29, 1.82) is 0 Å². The van der Waals surface area contributed by atoms with Crippen molar-refractivity contribution in [2.75, 3.05) is 5.73 Å². The number of nitrogens with zero attached hydrogens (tertiary/aromatic N) is 1. The van der Waals surface area contributed by atoms with E-state index >= 15 is 0 Å². The molecular formula is C13H13BrN2O2S. The van der Waals surface area contributed by atoms with Gasteiger partial charge in [0.15, 0.2) is 9.84 Å². The monoisotopic (exact) mass is 340 g/mol. The van der Waals surface area contributed by atoms with E-state index in [9.17, 15) is 8.42 Å². The summed E-state index contributed by atoms with van der Waals surface area (Å²) in [5, 5.41) is 0. The highest BCUT2D eigenvalue weighted by molar-refractivity contribution is 9.10. The number of hydrogen-bond acceptors (Lipinski definition) is 4. The number of pyridine rings is 1. The number of nitrogens with two attached hydrogens (primary N) is 1. The first-order chi connectivity index (χ1) is 8.88. The van der Waals surface area contributed by atoms with Gasteiger partial charge in [0.05, 0.1) is 10.6 Å². The molecule has 2 rings (SSSR count). The molecule has 4 nitrogen and oxygen atoms in total. The average Bonchev–Trinajstić information content (AvgIpc) is 2.27. The molecule has 1 aromatic heterocycles. The Morgan fingerprint density at radius 2 is 2.00 bits per heavy atom. The van der Waals surface area contributed by atoms with Gasteiger partial charge in [-0.05, 0) is 52.2 Å². The largest absolute Gasteiger partial charge is 0.399 e. The number of aryl methyl sites for hydroxylation is 1. The van der Waals surface area contributed by atoms with Gasteiger partial charge in [-0.1, -0.05) is 6.07 Å². The maximum Gasteiger partial charge on any atom is 0.183 e. The lowest BCUT2D eigenvalue weighted by Crippen LogP contribution is -2.06. The van der Waals surface area contributed by atoms with E-state index in [2.05, 4.69) is 20.9 Å². The summed E-state index contributed by atoms with van der Waals surface area (Å²) < 4.78 is 25.2. The summed E-state index contributed by atoms with van der Waals surface area (Å²) in [4.78, 5) is 4.24. The normalized spacial score (nSPS) is 11.5. The highest BCUT2D eigenvalue weighted by Crippen LogP contribution is 2.27. The zero-order valence-corrected chi connectivity index (χ0v) is 12.7. The molecule has 6 heteroatoms. The molecule has 0 unspecified atom stereocenters. The number of aromatic nitrogens is 1. The van der Waals surface area contributed by atoms with Gasteiger partial charge in [-0.3, -0.25) is 4.98 Å². The van der Waals surface area contributed by atoms with Gasteiger partial charge in [0.1, 0.15) is 0 Å². The lowest BCUT2D eigenvalue weighted by Gasteiger charge is -2.08. The summed E-state index contributed by atoms with van der Waals surface area (Å²) in [6.45, 7) is 1.88. The molecule has 1 aromatic carbocycles. The van der Waals surface area contributed by atoms with E-state index in [-0.39, 0.29) is 10.6 Å². The molecular weight excluding hydrogens is 328 g/mol. The minimum atomic E-state index is -3.42. The van der Waals surface area contributed by atoms with E-state index in [1.165, 1.54) is 6.07 Å². The van der Waals surface area contributed by atoms with Crippen LogP contribution in [0, 0.1) is 6.92 Å². The second-order valence-corrected chi connectivity index (χ2v) is 7.13. The van der Waals surface area contributed by atoms with Crippen LogP contribution in [0.1, 0.15) is 11.1 Å². The van der Waals surface area contributed by atoms with Crippen LogP contribution < -0.4 is 5.73 Å². The van der Waals surface area contributed by atoms with Crippen LogP contribution in [-0.2, 0) is 15.6 Å². The maximum absolute atomic E-state index is 12.3. The summed E-state index contributed by atoms with van der Waals surface area (Å²) in [6.07, 6.45) is 3.25. The molecule has 0 aliphatic carbocycles. The van der Waals surface area contributed by atoms with Gasteiger partial charge in [0.2, 0.25) is 0 Å². The summed E-state index contributed by atoms with van der Waals surface area (Å²) in [6, 6.07) is 6.49. The Kier molecular flexibility index (Phi) is 3.91. The first-order valence-electron chi connectivity index (χ1n) is 5.57. The molecule has 0 bridgehead atoms. The molecule has 1 heterocycles. The van der Waals surface area contributed by atoms with Crippen molar-refractivity contribution < 1.29 is 8.42 Å². The van der Waals surface area contributed by atoms with E-state index in [0.717, 1.165) is 5.56 Å². The molecule has 100 valence electrons. The van der Waals surface area contributed by atoms with Gasteiger partial charge >= 0.3 is 0 Å². The van der Waals surface area contributed by atoms with Gasteiger partial charge in [-0.25, -0.2) is 8.42 Å². The van der Waals surface area contributed by atoms with Crippen LogP contribution >= 0.6 is 15.9 Å². The topological polar surface area (TPSA) is 73.0 Å². The van der Waals surface area contributed by atoms with E-state index < -0.39 is 9.84 Å². The van der Waals surface area contributed by atoms with Crippen molar-refractivity contribution in [3.05, 3.63) is 52.3 Å². The lowest BCUT2D eigenvalue weighted by molar-refractivity contribution is 0.594. The van der Waals surface area contributed by atoms with E-state index in [0.29, 0.717) is 15.7 Å². The fourth-order valence-electron chi connectivity index (χ4n) is 1.76. The van der Waals surface area contributed by atoms with Crippen molar-refractivity contribution in [2.24, 2.45) is 0 Å². The fraction of sp³-hybridized carbons (Fsp3) is 0.154. The van der Waals surface area contributed by atoms with Crippen LogP contribution in [-0.4, -0.2) is 13.4 Å². The van der Waals surface area contributed by atoms with Gasteiger partial charge in [-0.15, -0.1) is 0 Å². The second kappa shape index (κ2) is 5.30. The number of hydrogen-bond donors (Lipinski definition) is 1. The number of benzene rings is 1. The molecule has 2 N–H and O–H groups in total. The predicted octanol–water partition coefficient (Wildman–Crippen LogP) is 2.71. The quantitative estimate of drug-likeness (QED) is 0.872. The van der Waals surface area contributed by atoms with Crippen molar-refractivity contribution in [2.45, 2.75) is 17.6 Å². The molecule has 0 aliphatic rings. The third-order valence-corrected chi connectivity index (χ3v) is 5.24. The Balaban J connectivity index is 2.38. The number of rotatable bonds is 3. The van der Waals surface area contributed by atoms with Crippen LogP contribution in [0.2, 0.25) is 0 Å². The van der Waals surface area contributed by atoms with E-state index in [1.807, 2.05) is 13.0 Å². The zero-order valence-electron chi connectivity index (χ0n) is 10.3. The third kappa shape index (κ3) is 3.33. The number of anilines is 1. The van der Waals surface area contributed by atoms with Crippen LogP contribution in [0.3, 0.4) is 0 Å². The van der Waals surface area contributed by atoms with Crippen LogP contribution in [0.5, 0.6) is 0 Å². The Hall–Kier alpha value is -1.40. The molecule has 0 radical (unpaired) electrons. The standard InChI is InChI=1S/C13H13BrN2O2S/c1-9-4-10(7-16-6-9)8-19(17,18)13-3-2-11(15)5-12(13)14/h2-7H,8,15H2,1H3. The highest BCUT2D eigenvalue weighted by Gasteiger charge is 2.18. The summed E-state index contributed by atoms with van der Waals surface area (Å²) >= 11 is 3.24. The molecule has 0 saturated carbocycles. The second-order valence-electron chi connectivity index (χ2n) is 4.32. The van der Waals surface area contributed by atoms with Gasteiger partial charge < -0.3 is 5.73 Å². The molecule has 0 fully saturated rings. The summed E-state index contributed by atoms with van der Waals surface area (Å²) in [5.41, 5.74) is 7.73. The molecule has 0 spiro atoms. The van der Waals surface area contributed by atoms with Crippen molar-refractivity contribution in [3.63, 3.8) is 0 Å². The third-order valence-electron chi connectivity index (χ3n) is 2.58. The minimum absolute atomic E-state index is 0.0792. The van der Waals surface area contributed by atoms with Crippen molar-refractivity contribution in [3.8, 4) is 0 Å². The van der Waals surface area contributed by atoms with E-state index in [1.54, 1.807) is 24.5 Å². The predicted molar refractivity (Wildman–Crippen MR) is 78.4 cm³/mol. The number of nitrogen functional groups attached to an aromatic ring is 1. The van der Waals surface area contributed by atoms with Crippen molar-refractivity contribution >= 4 is 31.5 Å². The number of sulfone groups is 1. The van der Waals surface area contributed by atoms with Crippen LogP contribution in [0.4, 0.5) is 5.69 Å². The Labute approximate surface area is 120 Å². The average molecular weight is 341 g/mol. The minimum Gasteiger partial charge on any atom is -0.399 e. The van der Waals surface area contributed by atoms with Gasteiger partial charge in [-0.2, -0.15) is 0 Å². The maximum atomic E-state index is 12.3. The fourth-order valence-corrected chi connectivity index (χ4v) is 4.28. The zero-order chi connectivity index (χ0) is 14.0. The molecule has 2 aromatic rings. The van der Waals surface area contributed by atoms with E-state index in [4.69, 9.17) is 5.73 Å². The Morgan fingerprint density at radius 3 is 2.63 bits per heavy atom. The molecule has 0 aliphatic heterocycles. The molecule has 0 saturated heterocycles. The first kappa shape index (κ1) is 14.0. The molecule has 19 heavy (non-hydrogen) atoms. The molecule has 0 amide bonds. The Bertz CT molecular complexity index is 714. The highest BCUT2D eigenvalue weighted by atomic mass is 79.9. The lowest BCUT2D eigenvalue weighted by atomic mass is 10.2. The van der Waals surface area contributed by atoms with Gasteiger partial charge in [0.25, 0.3) is 0 Å².